The van der Waals surface area contributed by atoms with Gasteiger partial charge in [-0.3, -0.25) is 0 Å². The number of benzene rings is 3. The summed E-state index contributed by atoms with van der Waals surface area (Å²) in [6.07, 6.45) is 19.1. The van der Waals surface area contributed by atoms with E-state index in [0.717, 1.165) is 59.6 Å². The maximum absolute atomic E-state index is 5.06. The van der Waals surface area contributed by atoms with Crippen LogP contribution >= 0.6 is 0 Å². The average molecular weight is 521 g/mol. The second-order valence-electron chi connectivity index (χ2n) is 11.2. The van der Waals surface area contributed by atoms with Gasteiger partial charge in [-0.1, -0.05) is 129 Å². The van der Waals surface area contributed by atoms with Gasteiger partial charge in [0.2, 0.25) is 0 Å². The number of hydrogen-bond acceptors (Lipinski definition) is 2. The van der Waals surface area contributed by atoms with Crippen molar-refractivity contribution in [3.05, 3.63) is 144 Å². The van der Waals surface area contributed by atoms with Crippen molar-refractivity contribution < 1.29 is 0 Å². The quantitative estimate of drug-likeness (QED) is 0.253. The lowest BCUT2D eigenvalue weighted by molar-refractivity contribution is 0.641. The van der Waals surface area contributed by atoms with E-state index in [9.17, 15) is 0 Å². The maximum Gasteiger partial charge on any atom is 0.160 e. The Balaban J connectivity index is 1.32. The van der Waals surface area contributed by atoms with Crippen LogP contribution in [0.25, 0.3) is 33.7 Å². The first kappa shape index (κ1) is 26.0. The van der Waals surface area contributed by atoms with Gasteiger partial charge in [0.1, 0.15) is 0 Å². The van der Waals surface area contributed by atoms with Crippen LogP contribution < -0.4 is 0 Å². The molecule has 0 aliphatic heterocycles. The molecule has 4 aromatic rings. The molecule has 6 rings (SSSR count). The number of nitrogens with zero attached hydrogens (tertiary/aromatic N) is 2. The minimum Gasteiger partial charge on any atom is -0.228 e. The Hall–Kier alpha value is -4.30. The van der Waals surface area contributed by atoms with Gasteiger partial charge in [0.15, 0.2) is 5.82 Å². The summed E-state index contributed by atoms with van der Waals surface area (Å²) in [5, 5.41) is 0. The Morgan fingerprint density at radius 3 is 1.77 bits per heavy atom. The molecule has 0 saturated carbocycles. The van der Waals surface area contributed by atoms with Crippen molar-refractivity contribution in [1.29, 1.82) is 0 Å². The summed E-state index contributed by atoms with van der Waals surface area (Å²) in [5.74, 6) is 0.793. The van der Waals surface area contributed by atoms with Crippen molar-refractivity contribution in [2.45, 2.75) is 51.4 Å². The van der Waals surface area contributed by atoms with E-state index in [1.54, 1.807) is 0 Å². The van der Waals surface area contributed by atoms with Gasteiger partial charge in [-0.2, -0.15) is 0 Å². The van der Waals surface area contributed by atoms with E-state index in [2.05, 4.69) is 129 Å². The normalized spacial score (nSPS) is 15.3. The molecule has 0 fully saturated rings. The van der Waals surface area contributed by atoms with E-state index < -0.39 is 0 Å². The van der Waals surface area contributed by atoms with Crippen LogP contribution in [-0.4, -0.2) is 9.97 Å². The van der Waals surface area contributed by atoms with Gasteiger partial charge in [-0.05, 0) is 60.4 Å². The zero-order valence-electron chi connectivity index (χ0n) is 23.5. The van der Waals surface area contributed by atoms with Crippen molar-refractivity contribution in [3.63, 3.8) is 0 Å². The van der Waals surface area contributed by atoms with Crippen LogP contribution in [0.5, 0.6) is 0 Å². The molecule has 198 valence electrons. The third kappa shape index (κ3) is 5.53. The molecular weight excluding hydrogens is 484 g/mol. The highest BCUT2D eigenvalue weighted by atomic mass is 14.9. The summed E-state index contributed by atoms with van der Waals surface area (Å²) in [5.41, 5.74) is 10.3. The smallest absolute Gasteiger partial charge is 0.160 e. The Bertz CT molecular complexity index is 1600. The Morgan fingerprint density at radius 2 is 1.12 bits per heavy atom. The Labute approximate surface area is 238 Å². The molecule has 1 aromatic heterocycles. The molecule has 2 nitrogen and oxygen atoms in total. The number of hydrogen-bond donors (Lipinski definition) is 0. The largest absolute Gasteiger partial charge is 0.228 e. The lowest BCUT2D eigenvalue weighted by atomic mass is 9.77. The number of rotatable bonds is 6. The Kier molecular flexibility index (Phi) is 7.42. The molecule has 40 heavy (non-hydrogen) atoms. The van der Waals surface area contributed by atoms with Crippen molar-refractivity contribution in [3.8, 4) is 22.5 Å². The van der Waals surface area contributed by atoms with Gasteiger partial charge in [-0.25, -0.2) is 9.97 Å². The maximum atomic E-state index is 5.06. The monoisotopic (exact) mass is 520 g/mol. The fraction of sp³-hybridized carbons (Fsp3) is 0.211. The van der Waals surface area contributed by atoms with Gasteiger partial charge >= 0.3 is 0 Å². The molecule has 0 bridgehead atoms. The minimum absolute atomic E-state index is 0.115. The minimum atomic E-state index is -0.115. The van der Waals surface area contributed by atoms with E-state index in [4.69, 9.17) is 9.97 Å². The van der Waals surface area contributed by atoms with E-state index >= 15 is 0 Å². The van der Waals surface area contributed by atoms with Crippen LogP contribution in [0.4, 0.5) is 0 Å². The predicted octanol–water partition coefficient (Wildman–Crippen LogP) is 9.99. The van der Waals surface area contributed by atoms with Gasteiger partial charge < -0.3 is 0 Å². The Morgan fingerprint density at radius 1 is 0.550 bits per heavy atom. The SMILES string of the molecule is CC(C)(c1ccc(C2=CCCC=C2)cc1)c1ccc(-c2cc(-c3ccccc3)nc(C3=CCCCC=C3)n2)cc1. The van der Waals surface area contributed by atoms with Crippen LogP contribution in [0.15, 0.2) is 121 Å². The van der Waals surface area contributed by atoms with Crippen LogP contribution in [0, 0.1) is 0 Å². The van der Waals surface area contributed by atoms with Crippen molar-refractivity contribution >= 4 is 11.1 Å². The molecule has 0 N–H and O–H groups in total. The van der Waals surface area contributed by atoms with Crippen LogP contribution in [-0.2, 0) is 5.41 Å². The topological polar surface area (TPSA) is 25.8 Å². The molecule has 2 aliphatic carbocycles. The van der Waals surface area contributed by atoms with Gasteiger partial charge in [-0.15, -0.1) is 0 Å². The fourth-order valence-electron chi connectivity index (χ4n) is 5.55. The van der Waals surface area contributed by atoms with Gasteiger partial charge in [0.25, 0.3) is 0 Å². The average Bonchev–Trinajstić information content (AvgIpc) is 3.32. The third-order valence-corrected chi connectivity index (χ3v) is 8.13. The summed E-state index contributed by atoms with van der Waals surface area (Å²) in [6, 6.07) is 30.5. The zero-order valence-corrected chi connectivity index (χ0v) is 23.5. The molecule has 2 heteroatoms. The molecule has 0 spiro atoms. The summed E-state index contributed by atoms with van der Waals surface area (Å²) < 4.78 is 0. The van der Waals surface area contributed by atoms with Crippen molar-refractivity contribution in [1.82, 2.24) is 9.97 Å². The molecule has 0 atom stereocenters. The highest BCUT2D eigenvalue weighted by molar-refractivity contribution is 5.76. The fourth-order valence-corrected chi connectivity index (χ4v) is 5.55. The molecule has 0 radical (unpaired) electrons. The van der Waals surface area contributed by atoms with E-state index in [0.29, 0.717) is 0 Å². The first-order valence-corrected chi connectivity index (χ1v) is 14.5. The standard InChI is InChI=1S/C38H36N2/c1-38(2,33-23-19-29(20-24-33)28-13-9-5-10-14-28)34-25-21-31(22-26-34)36-27-35(30-15-11-6-12-16-30)39-37(40-36)32-17-7-3-4-8-18-32/h6-7,9,11-27H,3-5,8,10H2,1-2H3. The first-order valence-electron chi connectivity index (χ1n) is 14.5. The lowest BCUT2D eigenvalue weighted by Gasteiger charge is -2.27. The highest BCUT2D eigenvalue weighted by Gasteiger charge is 2.23. The molecule has 0 unspecified atom stereocenters. The van der Waals surface area contributed by atoms with E-state index in [1.165, 1.54) is 28.7 Å². The van der Waals surface area contributed by atoms with Crippen molar-refractivity contribution in [2.75, 3.05) is 0 Å². The lowest BCUT2D eigenvalue weighted by Crippen LogP contribution is -2.18. The highest BCUT2D eigenvalue weighted by Crippen LogP contribution is 2.35. The number of aromatic nitrogens is 2. The third-order valence-electron chi connectivity index (χ3n) is 8.13. The molecule has 0 saturated heterocycles. The second-order valence-corrected chi connectivity index (χ2v) is 11.2. The summed E-state index contributed by atoms with van der Waals surface area (Å²) >= 11 is 0. The van der Waals surface area contributed by atoms with Crippen molar-refractivity contribution in [2.24, 2.45) is 0 Å². The molecule has 1 heterocycles. The van der Waals surface area contributed by atoms with Crippen LogP contribution in [0.3, 0.4) is 0 Å². The predicted molar refractivity (Wildman–Crippen MR) is 169 cm³/mol. The first-order chi connectivity index (χ1) is 19.6. The molecule has 2 aliphatic rings. The second kappa shape index (κ2) is 11.4. The molecule has 3 aromatic carbocycles. The summed E-state index contributed by atoms with van der Waals surface area (Å²) in [4.78, 5) is 10.1. The zero-order chi connectivity index (χ0) is 27.4. The van der Waals surface area contributed by atoms with Crippen LogP contribution in [0.2, 0.25) is 0 Å². The van der Waals surface area contributed by atoms with Gasteiger partial charge in [0.05, 0.1) is 11.4 Å². The van der Waals surface area contributed by atoms with Gasteiger partial charge in [0, 0.05) is 22.1 Å². The molecular formula is C38H36N2. The van der Waals surface area contributed by atoms with E-state index in [1.807, 2.05) is 6.07 Å². The number of allylic oxidation sites excluding steroid dienone is 8. The summed E-state index contributed by atoms with van der Waals surface area (Å²) in [6.45, 7) is 4.61. The van der Waals surface area contributed by atoms with Crippen LogP contribution in [0.1, 0.15) is 68.5 Å². The molecule has 0 amide bonds. The van der Waals surface area contributed by atoms with E-state index in [-0.39, 0.29) is 5.41 Å². The summed E-state index contributed by atoms with van der Waals surface area (Å²) in [7, 11) is 0.